The van der Waals surface area contributed by atoms with Gasteiger partial charge in [0.25, 0.3) is 5.91 Å². The first-order chi connectivity index (χ1) is 20.8. The summed E-state index contributed by atoms with van der Waals surface area (Å²) in [6.45, 7) is 18.4. The monoisotopic (exact) mass is 632 g/mol. The van der Waals surface area contributed by atoms with Gasteiger partial charge in [-0.2, -0.15) is 0 Å². The van der Waals surface area contributed by atoms with E-state index >= 15 is 0 Å². The molecular weight excluding hydrogens is 580 g/mol. The fourth-order valence-electron chi connectivity index (χ4n) is 6.67. The van der Waals surface area contributed by atoms with Gasteiger partial charge in [-0.15, -0.1) is 6.58 Å². The quantitative estimate of drug-likeness (QED) is 0.168. The van der Waals surface area contributed by atoms with E-state index in [0.717, 1.165) is 25.7 Å². The minimum absolute atomic E-state index is 0.00683. The van der Waals surface area contributed by atoms with E-state index in [9.17, 15) is 28.8 Å². The lowest BCUT2D eigenvalue weighted by molar-refractivity contribution is -0.154. The molecule has 3 aliphatic rings. The summed E-state index contributed by atoms with van der Waals surface area (Å²) in [5.74, 6) is -3.38. The third-order valence-electron chi connectivity index (χ3n) is 8.86. The summed E-state index contributed by atoms with van der Waals surface area (Å²) in [5.41, 5.74) is -1.62. The van der Waals surface area contributed by atoms with Gasteiger partial charge in [-0.3, -0.25) is 24.0 Å². The van der Waals surface area contributed by atoms with Crippen LogP contribution in [0, 0.1) is 23.2 Å². The Balaban J connectivity index is 1.73. The van der Waals surface area contributed by atoms with Gasteiger partial charge >= 0.3 is 12.1 Å². The average Bonchev–Trinajstić information content (AvgIpc) is 3.35. The Kier molecular flexibility index (Phi) is 11.1. The molecule has 3 rings (SSSR count). The highest BCUT2D eigenvalue weighted by Gasteiger charge is 2.69. The van der Waals surface area contributed by atoms with Gasteiger partial charge in [0.05, 0.1) is 6.42 Å². The largest absolute Gasteiger partial charge is 0.460 e. The number of nitrogens with zero attached hydrogens (tertiary/aromatic N) is 1. The Morgan fingerprint density at radius 2 is 1.56 bits per heavy atom. The second-order valence-corrected chi connectivity index (χ2v) is 15.1. The number of Topliss-reactive ketones (excluding diaryl/α,β-unsaturated/α-hetero) is 1. The molecule has 3 N–H and O–H groups in total. The summed E-state index contributed by atoms with van der Waals surface area (Å²) < 4.78 is 10.7. The molecule has 252 valence electrons. The van der Waals surface area contributed by atoms with Crippen molar-refractivity contribution in [2.75, 3.05) is 13.1 Å². The Morgan fingerprint density at radius 3 is 2.11 bits per heavy atom. The summed E-state index contributed by atoms with van der Waals surface area (Å²) in [6.07, 6.45) is 4.04. The minimum Gasteiger partial charge on any atom is -0.460 e. The number of likely N-dealkylation sites (tertiary alicyclic amines) is 1. The van der Waals surface area contributed by atoms with Crippen molar-refractivity contribution < 1.29 is 38.2 Å². The van der Waals surface area contributed by atoms with E-state index in [1.807, 2.05) is 13.8 Å². The van der Waals surface area contributed by atoms with Crippen molar-refractivity contribution in [3.8, 4) is 0 Å². The van der Waals surface area contributed by atoms with Crippen LogP contribution in [-0.2, 0) is 33.4 Å². The maximum Gasteiger partial charge on any atom is 0.408 e. The molecule has 1 saturated heterocycles. The van der Waals surface area contributed by atoms with Crippen LogP contribution in [0.4, 0.5) is 4.79 Å². The molecule has 0 aromatic heterocycles. The van der Waals surface area contributed by atoms with E-state index in [1.165, 1.54) is 11.0 Å². The Labute approximate surface area is 266 Å². The van der Waals surface area contributed by atoms with Crippen molar-refractivity contribution in [1.82, 2.24) is 20.9 Å². The topological polar surface area (TPSA) is 160 Å². The number of nitrogens with one attached hydrogen (secondary N) is 3. The number of carbonyl (C=O) groups is 6. The Bertz CT molecular complexity index is 1180. The molecule has 45 heavy (non-hydrogen) atoms. The standard InChI is InChI=1S/C33H52N4O8/c1-10-13-21(26(39)28(41)34-17-16-22(38)44-31(2,3)4)35-27(40)25-23-20(33(23,8)9)18-37(25)29(42)24(19-14-11-12-15-19)36-30(43)45-32(5,6)7/h10,19-21,23-25H,1,11-18H2,2-9H3,(H,34,41)(H,35,40)(H,36,43)/t20-,21?,23-,24+,25+/m1/s1. The van der Waals surface area contributed by atoms with Crippen LogP contribution in [0.5, 0.6) is 0 Å². The van der Waals surface area contributed by atoms with Crippen molar-refractivity contribution in [3.63, 3.8) is 0 Å². The molecule has 12 heteroatoms. The van der Waals surface area contributed by atoms with Gasteiger partial charge in [0, 0.05) is 13.1 Å². The lowest BCUT2D eigenvalue weighted by Crippen LogP contribution is -2.59. The number of alkyl carbamates (subject to hydrolysis) is 1. The first-order valence-electron chi connectivity index (χ1n) is 16.0. The fourth-order valence-corrected chi connectivity index (χ4v) is 6.67. The average molecular weight is 633 g/mol. The number of piperidine rings is 1. The second kappa shape index (κ2) is 13.9. The van der Waals surface area contributed by atoms with Crippen molar-refractivity contribution in [3.05, 3.63) is 12.7 Å². The van der Waals surface area contributed by atoms with E-state index in [-0.39, 0.29) is 48.5 Å². The summed E-state index contributed by atoms with van der Waals surface area (Å²) in [6, 6.07) is -2.93. The number of amides is 4. The van der Waals surface area contributed by atoms with Gasteiger partial charge in [-0.25, -0.2) is 4.79 Å². The number of hydrogen-bond donors (Lipinski definition) is 3. The normalized spacial score (nSPS) is 23.6. The highest BCUT2D eigenvalue weighted by atomic mass is 16.6. The molecule has 5 atom stereocenters. The van der Waals surface area contributed by atoms with Crippen LogP contribution in [0.2, 0.25) is 0 Å². The number of carbonyl (C=O) groups excluding carboxylic acids is 6. The van der Waals surface area contributed by atoms with Gasteiger partial charge in [-0.1, -0.05) is 32.8 Å². The maximum atomic E-state index is 14.1. The predicted octanol–water partition coefficient (Wildman–Crippen LogP) is 3.03. The van der Waals surface area contributed by atoms with Crippen LogP contribution in [0.15, 0.2) is 12.7 Å². The molecule has 12 nitrogen and oxygen atoms in total. The molecule has 0 bridgehead atoms. The summed E-state index contributed by atoms with van der Waals surface area (Å²) in [4.78, 5) is 80.1. The van der Waals surface area contributed by atoms with Gasteiger partial charge in [-0.05, 0) is 84.0 Å². The van der Waals surface area contributed by atoms with Crippen LogP contribution >= 0.6 is 0 Å². The first-order valence-corrected chi connectivity index (χ1v) is 16.0. The SMILES string of the molecule is C=CCC(NC(=O)[C@@H]1[C@H]2[C@@H](CN1C(=O)[C@@H](NC(=O)OC(C)(C)C)C1CCCC1)C2(C)C)C(=O)C(=O)NCCC(=O)OC(C)(C)C. The molecular formula is C33H52N4O8. The first kappa shape index (κ1) is 36.0. The highest BCUT2D eigenvalue weighted by molar-refractivity contribution is 6.38. The van der Waals surface area contributed by atoms with Gasteiger partial charge in [0.2, 0.25) is 17.6 Å². The minimum atomic E-state index is -1.21. The van der Waals surface area contributed by atoms with Gasteiger partial charge in [0.1, 0.15) is 29.3 Å². The van der Waals surface area contributed by atoms with Gasteiger partial charge < -0.3 is 30.3 Å². The van der Waals surface area contributed by atoms with Crippen molar-refractivity contribution >= 4 is 35.6 Å². The zero-order chi connectivity index (χ0) is 33.9. The summed E-state index contributed by atoms with van der Waals surface area (Å²) in [7, 11) is 0. The van der Waals surface area contributed by atoms with E-state index < -0.39 is 59.0 Å². The maximum absolute atomic E-state index is 14.1. The third kappa shape index (κ3) is 9.29. The van der Waals surface area contributed by atoms with E-state index in [0.29, 0.717) is 6.54 Å². The molecule has 0 radical (unpaired) electrons. The Morgan fingerprint density at radius 1 is 0.956 bits per heavy atom. The van der Waals surface area contributed by atoms with Crippen molar-refractivity contribution in [1.29, 1.82) is 0 Å². The number of hydrogen-bond acceptors (Lipinski definition) is 8. The van der Waals surface area contributed by atoms with Crippen LogP contribution in [-0.4, -0.2) is 82.9 Å². The summed E-state index contributed by atoms with van der Waals surface area (Å²) in [5, 5.41) is 7.94. The highest BCUT2D eigenvalue weighted by Crippen LogP contribution is 2.65. The zero-order valence-corrected chi connectivity index (χ0v) is 28.1. The molecule has 1 aliphatic heterocycles. The molecule has 2 aliphatic carbocycles. The molecule has 0 aromatic rings. The fraction of sp³-hybridized carbons (Fsp3) is 0.758. The number of fused-ring (bicyclic) bond motifs is 1. The zero-order valence-electron chi connectivity index (χ0n) is 28.1. The molecule has 4 amide bonds. The van der Waals surface area contributed by atoms with Crippen LogP contribution in [0.25, 0.3) is 0 Å². The summed E-state index contributed by atoms with van der Waals surface area (Å²) >= 11 is 0. The molecule has 2 saturated carbocycles. The molecule has 0 aromatic carbocycles. The van der Waals surface area contributed by atoms with Gasteiger partial charge in [0.15, 0.2) is 0 Å². The molecule has 1 unspecified atom stereocenters. The van der Waals surface area contributed by atoms with Crippen LogP contribution < -0.4 is 16.0 Å². The van der Waals surface area contributed by atoms with E-state index in [4.69, 9.17) is 9.47 Å². The number of ether oxygens (including phenoxy) is 2. The lowest BCUT2D eigenvalue weighted by atomic mass is 9.94. The predicted molar refractivity (Wildman–Crippen MR) is 167 cm³/mol. The van der Waals surface area contributed by atoms with Crippen LogP contribution in [0.1, 0.15) is 93.9 Å². The van der Waals surface area contributed by atoms with Crippen molar-refractivity contribution in [2.45, 2.75) is 123 Å². The number of rotatable bonds is 12. The van der Waals surface area contributed by atoms with Crippen molar-refractivity contribution in [2.24, 2.45) is 23.2 Å². The second-order valence-electron chi connectivity index (χ2n) is 15.1. The molecule has 1 heterocycles. The van der Waals surface area contributed by atoms with Crippen LogP contribution in [0.3, 0.4) is 0 Å². The third-order valence-corrected chi connectivity index (χ3v) is 8.86. The number of ketones is 1. The van der Waals surface area contributed by atoms with E-state index in [1.54, 1.807) is 41.5 Å². The molecule has 0 spiro atoms. The number of esters is 1. The lowest BCUT2D eigenvalue weighted by Gasteiger charge is -2.35. The smallest absolute Gasteiger partial charge is 0.408 e. The van der Waals surface area contributed by atoms with E-state index in [2.05, 4.69) is 22.5 Å². The Hall–Kier alpha value is -3.44. The molecule has 3 fully saturated rings.